The molecule has 1 unspecified atom stereocenters. The number of piperazine rings is 1. The van der Waals surface area contributed by atoms with E-state index in [4.69, 9.17) is 4.74 Å². The maximum Gasteiger partial charge on any atom is 0.0660 e. The first-order valence-corrected chi connectivity index (χ1v) is 6.22. The predicted octanol–water partition coefficient (Wildman–Crippen LogP) is 1.53. The van der Waals surface area contributed by atoms with E-state index in [1.54, 1.807) is 0 Å². The second-order valence-electron chi connectivity index (χ2n) is 4.44. The summed E-state index contributed by atoms with van der Waals surface area (Å²) in [7, 11) is 1.81. The van der Waals surface area contributed by atoms with Crippen molar-refractivity contribution in [3.63, 3.8) is 0 Å². The van der Waals surface area contributed by atoms with Crippen molar-refractivity contribution in [3.05, 3.63) is 23.9 Å². The topological polar surface area (TPSA) is 24.5 Å². The van der Waals surface area contributed by atoms with Crippen LogP contribution in [0.5, 0.6) is 0 Å². The van der Waals surface area contributed by atoms with E-state index in [9.17, 15) is 0 Å². The molecule has 0 aromatic heterocycles. The molecule has 90 valence electrons. The van der Waals surface area contributed by atoms with Crippen LogP contribution in [0.25, 0.3) is 0 Å². The van der Waals surface area contributed by atoms with Crippen LogP contribution in [-0.2, 0) is 4.74 Å². The lowest BCUT2D eigenvalue weighted by atomic mass is 10.0. The molecule has 3 nitrogen and oxygen atoms in total. The van der Waals surface area contributed by atoms with Crippen molar-refractivity contribution in [3.8, 4) is 0 Å². The molecule has 1 fully saturated rings. The maximum atomic E-state index is 5.51. The number of rotatable bonds is 2. The van der Waals surface area contributed by atoms with Crippen LogP contribution in [0.15, 0.2) is 23.9 Å². The predicted molar refractivity (Wildman–Crippen MR) is 66.3 cm³/mol. The highest BCUT2D eigenvalue weighted by Crippen LogP contribution is 2.19. The minimum atomic E-state index is 0.345. The van der Waals surface area contributed by atoms with Gasteiger partial charge in [-0.05, 0) is 12.8 Å². The van der Waals surface area contributed by atoms with Crippen LogP contribution in [0.3, 0.4) is 0 Å². The number of hydrogen-bond acceptors (Lipinski definition) is 3. The molecule has 1 N–H and O–H groups in total. The number of methoxy groups -OCH3 is 1. The summed E-state index contributed by atoms with van der Waals surface area (Å²) in [6, 6.07) is 0. The summed E-state index contributed by atoms with van der Waals surface area (Å²) in [5, 5.41) is 3.39. The van der Waals surface area contributed by atoms with Gasteiger partial charge in [-0.2, -0.15) is 0 Å². The van der Waals surface area contributed by atoms with Gasteiger partial charge in [0.15, 0.2) is 0 Å². The van der Waals surface area contributed by atoms with Crippen LogP contribution >= 0.6 is 0 Å². The summed E-state index contributed by atoms with van der Waals surface area (Å²) in [5.74, 6) is 0. The summed E-state index contributed by atoms with van der Waals surface area (Å²) in [6.45, 7) is 4.47. The molecule has 0 amide bonds. The lowest BCUT2D eigenvalue weighted by Crippen LogP contribution is -2.43. The van der Waals surface area contributed by atoms with E-state index in [1.165, 1.54) is 5.70 Å². The third-order valence-electron chi connectivity index (χ3n) is 3.35. The first-order valence-electron chi connectivity index (χ1n) is 6.22. The highest BCUT2D eigenvalue weighted by Gasteiger charge is 2.17. The van der Waals surface area contributed by atoms with Gasteiger partial charge in [0.1, 0.15) is 0 Å². The van der Waals surface area contributed by atoms with E-state index in [-0.39, 0.29) is 0 Å². The highest BCUT2D eigenvalue weighted by molar-refractivity contribution is 5.09. The molecule has 16 heavy (non-hydrogen) atoms. The van der Waals surface area contributed by atoms with Crippen molar-refractivity contribution in [2.45, 2.75) is 25.4 Å². The smallest absolute Gasteiger partial charge is 0.0660 e. The van der Waals surface area contributed by atoms with Gasteiger partial charge in [0.25, 0.3) is 0 Å². The van der Waals surface area contributed by atoms with Crippen molar-refractivity contribution in [1.29, 1.82) is 0 Å². The third-order valence-corrected chi connectivity index (χ3v) is 3.35. The average Bonchev–Trinajstić information content (AvgIpc) is 2.30. The largest absolute Gasteiger partial charge is 0.381 e. The van der Waals surface area contributed by atoms with Crippen LogP contribution in [-0.4, -0.2) is 44.3 Å². The Morgan fingerprint density at radius 2 is 2.12 bits per heavy atom. The summed E-state index contributed by atoms with van der Waals surface area (Å²) >= 11 is 0. The zero-order valence-electron chi connectivity index (χ0n) is 10.1. The molecule has 1 aliphatic carbocycles. The van der Waals surface area contributed by atoms with Gasteiger partial charge >= 0.3 is 0 Å². The SMILES string of the molecule is COC1C/C=C\C/C=C(/N2CCNCC2)C1. The van der Waals surface area contributed by atoms with E-state index in [0.29, 0.717) is 6.10 Å². The maximum absolute atomic E-state index is 5.51. The highest BCUT2D eigenvalue weighted by atomic mass is 16.5. The first kappa shape index (κ1) is 11.7. The standard InChI is InChI=1S/C13H22N2O/c1-16-13-6-4-2-3-5-12(11-13)15-9-7-14-8-10-15/h2,4-5,13-14H,3,6-11H2,1H3/b4-2-,12-5+. The Bertz CT molecular complexity index is 267. The van der Waals surface area contributed by atoms with Gasteiger partial charge in [0.2, 0.25) is 0 Å². The van der Waals surface area contributed by atoms with E-state index < -0.39 is 0 Å². The molecule has 0 saturated carbocycles. The van der Waals surface area contributed by atoms with E-state index in [1.807, 2.05) is 7.11 Å². The van der Waals surface area contributed by atoms with Gasteiger partial charge in [-0.3, -0.25) is 0 Å². The van der Waals surface area contributed by atoms with E-state index in [2.05, 4.69) is 28.4 Å². The Kier molecular flexibility index (Phi) is 4.43. The van der Waals surface area contributed by atoms with Crippen molar-refractivity contribution < 1.29 is 4.74 Å². The lowest BCUT2D eigenvalue weighted by molar-refractivity contribution is 0.0962. The minimum Gasteiger partial charge on any atom is -0.381 e. The molecule has 0 radical (unpaired) electrons. The monoisotopic (exact) mass is 222 g/mol. The molecular weight excluding hydrogens is 200 g/mol. The van der Waals surface area contributed by atoms with E-state index >= 15 is 0 Å². The number of nitrogens with one attached hydrogen (secondary N) is 1. The van der Waals surface area contributed by atoms with Crippen LogP contribution < -0.4 is 5.32 Å². The Morgan fingerprint density at radius 1 is 1.31 bits per heavy atom. The molecule has 2 rings (SSSR count). The minimum absolute atomic E-state index is 0.345. The zero-order valence-corrected chi connectivity index (χ0v) is 10.1. The molecule has 3 heteroatoms. The van der Waals surface area contributed by atoms with Gasteiger partial charge in [0, 0.05) is 45.4 Å². The quantitative estimate of drug-likeness (QED) is 0.717. The Balaban J connectivity index is 2.01. The van der Waals surface area contributed by atoms with Crippen molar-refractivity contribution in [2.75, 3.05) is 33.3 Å². The van der Waals surface area contributed by atoms with Crippen LogP contribution in [0.1, 0.15) is 19.3 Å². The molecule has 1 atom stereocenters. The molecule has 0 spiro atoms. The summed E-state index contributed by atoms with van der Waals surface area (Å²) < 4.78 is 5.51. The van der Waals surface area contributed by atoms with Gasteiger partial charge in [-0.1, -0.05) is 18.2 Å². The second kappa shape index (κ2) is 6.06. The van der Waals surface area contributed by atoms with E-state index in [0.717, 1.165) is 45.4 Å². The third kappa shape index (κ3) is 3.09. The number of allylic oxidation sites excluding steroid dienone is 2. The van der Waals surface area contributed by atoms with Crippen LogP contribution in [0.2, 0.25) is 0 Å². The molecule has 1 saturated heterocycles. The van der Waals surface area contributed by atoms with Crippen LogP contribution in [0.4, 0.5) is 0 Å². The summed E-state index contributed by atoms with van der Waals surface area (Å²) in [5.41, 5.74) is 1.47. The zero-order chi connectivity index (χ0) is 11.2. The number of ether oxygens (including phenoxy) is 1. The molecular formula is C13H22N2O. The van der Waals surface area contributed by atoms with Crippen molar-refractivity contribution >= 4 is 0 Å². The number of nitrogens with zero attached hydrogens (tertiary/aromatic N) is 1. The Hall–Kier alpha value is -0.800. The molecule has 0 aromatic rings. The Morgan fingerprint density at radius 3 is 2.88 bits per heavy atom. The van der Waals surface area contributed by atoms with Crippen molar-refractivity contribution in [2.24, 2.45) is 0 Å². The van der Waals surface area contributed by atoms with Gasteiger partial charge in [0.05, 0.1) is 6.10 Å². The molecule has 1 aliphatic heterocycles. The fourth-order valence-corrected chi connectivity index (χ4v) is 2.34. The fourth-order valence-electron chi connectivity index (χ4n) is 2.34. The van der Waals surface area contributed by atoms with Crippen molar-refractivity contribution in [1.82, 2.24) is 10.2 Å². The fraction of sp³-hybridized carbons (Fsp3) is 0.692. The molecule has 0 bridgehead atoms. The van der Waals surface area contributed by atoms with Crippen LogP contribution in [0, 0.1) is 0 Å². The Labute approximate surface area is 98.2 Å². The molecule has 2 aliphatic rings. The summed E-state index contributed by atoms with van der Waals surface area (Å²) in [4.78, 5) is 2.50. The number of hydrogen-bond donors (Lipinski definition) is 1. The van der Waals surface area contributed by atoms with Gasteiger partial charge in [-0.25, -0.2) is 0 Å². The molecule has 0 aromatic carbocycles. The first-order chi connectivity index (χ1) is 7.90. The lowest BCUT2D eigenvalue weighted by Gasteiger charge is -2.33. The average molecular weight is 222 g/mol. The van der Waals surface area contributed by atoms with Gasteiger partial charge in [-0.15, -0.1) is 0 Å². The second-order valence-corrected chi connectivity index (χ2v) is 4.44. The van der Waals surface area contributed by atoms with Gasteiger partial charge < -0.3 is 15.0 Å². The normalized spacial score (nSPS) is 32.4. The molecule has 1 heterocycles. The summed E-state index contributed by atoms with van der Waals surface area (Å²) in [6.07, 6.45) is 10.3.